The molecule has 0 saturated heterocycles. The highest BCUT2D eigenvalue weighted by Gasteiger charge is 2.33. The van der Waals surface area contributed by atoms with E-state index in [1.165, 1.54) is 0 Å². The lowest BCUT2D eigenvalue weighted by molar-refractivity contribution is -0.333. The van der Waals surface area contributed by atoms with Crippen LogP contribution < -0.4 is 0 Å². The minimum atomic E-state index is -4.57. The van der Waals surface area contributed by atoms with Crippen LogP contribution in [0.5, 0.6) is 0 Å². The molecule has 14 heavy (non-hydrogen) atoms. The Labute approximate surface area is 95.2 Å². The topological polar surface area (TPSA) is 9.23 Å². The molecular weight excluding hydrogens is 273 g/mol. The maximum atomic E-state index is 12.0. The average molecular weight is 279 g/mol. The minimum absolute atomic E-state index is 0.563. The fourth-order valence-corrected chi connectivity index (χ4v) is 3.24. The van der Waals surface area contributed by atoms with Crippen molar-refractivity contribution in [3.63, 3.8) is 0 Å². The van der Waals surface area contributed by atoms with Gasteiger partial charge >= 0.3 is 24.6 Å². The Balaban J connectivity index is 2.73. The molecule has 0 heterocycles. The number of hydrogen-bond acceptors (Lipinski definition) is 1. The first-order chi connectivity index (χ1) is 6.53. The number of hydrogen-bond donors (Lipinski definition) is 0. The molecule has 0 radical (unpaired) electrons. The molecular formula is C8H6BrF3MgO. The summed E-state index contributed by atoms with van der Waals surface area (Å²) in [6.07, 6.45) is -4.57. The standard InChI is InChI=1S/C8H6F3O.BrH.Mg/c9-8(10,11)12-6-7-4-2-1-3-5-7;;/h1-6H;1H;/q;;+1/p-1. The van der Waals surface area contributed by atoms with Crippen LogP contribution in [0, 0.1) is 0 Å². The highest BCUT2D eigenvalue weighted by molar-refractivity contribution is 9.23. The molecule has 0 aliphatic heterocycles. The molecule has 6 heteroatoms. The fraction of sp³-hybridized carbons (Fsp3) is 0.250. The second kappa shape index (κ2) is 5.34. The van der Waals surface area contributed by atoms with Crippen molar-refractivity contribution < 1.29 is 17.9 Å². The van der Waals surface area contributed by atoms with E-state index in [1.807, 2.05) is 0 Å². The van der Waals surface area contributed by atoms with E-state index in [-0.39, 0.29) is 0 Å². The molecule has 0 spiro atoms. The molecule has 1 rings (SSSR count). The van der Waals surface area contributed by atoms with E-state index in [2.05, 4.69) is 17.6 Å². The third-order valence-corrected chi connectivity index (χ3v) is 4.27. The molecule has 0 aromatic heterocycles. The van der Waals surface area contributed by atoms with Gasteiger partial charge in [0.2, 0.25) is 0 Å². The average Bonchev–Trinajstić information content (AvgIpc) is 2.14. The molecule has 1 aromatic carbocycles. The largest absolute Gasteiger partial charge is 0.520 e. The van der Waals surface area contributed by atoms with Crippen molar-refractivity contribution in [1.29, 1.82) is 0 Å². The maximum Gasteiger partial charge on any atom is 0.520 e. The number of halogens is 4. The SMILES string of the molecule is FC(F)(F)O[CH]([Mg][Br])c1ccccc1. The Morgan fingerprint density at radius 3 is 2.21 bits per heavy atom. The molecule has 74 valence electrons. The first kappa shape index (κ1) is 12.3. The van der Waals surface area contributed by atoms with Gasteiger partial charge in [-0.1, -0.05) is 30.3 Å². The maximum absolute atomic E-state index is 12.0. The number of alkyl halides is 3. The molecule has 1 unspecified atom stereocenters. The van der Waals surface area contributed by atoms with Crippen LogP contribution >= 0.6 is 12.9 Å². The molecule has 0 fully saturated rings. The van der Waals surface area contributed by atoms with Gasteiger partial charge in [-0.05, 0) is 5.56 Å². The van der Waals surface area contributed by atoms with E-state index >= 15 is 0 Å². The monoisotopic (exact) mass is 278 g/mol. The van der Waals surface area contributed by atoms with E-state index in [9.17, 15) is 13.2 Å². The van der Waals surface area contributed by atoms with Crippen LogP contribution in [0.1, 0.15) is 9.80 Å². The molecule has 1 aromatic rings. The van der Waals surface area contributed by atoms with E-state index in [4.69, 9.17) is 0 Å². The zero-order chi connectivity index (χ0) is 10.6. The lowest BCUT2D eigenvalue weighted by Crippen LogP contribution is -2.20. The lowest BCUT2D eigenvalue weighted by atomic mass is 10.2. The fourth-order valence-electron chi connectivity index (χ4n) is 1.02. The van der Waals surface area contributed by atoms with Crippen LogP contribution in [0.3, 0.4) is 0 Å². The Morgan fingerprint density at radius 1 is 1.21 bits per heavy atom. The van der Waals surface area contributed by atoms with Gasteiger partial charge in [-0.15, -0.1) is 13.2 Å². The molecule has 1 atom stereocenters. The van der Waals surface area contributed by atoms with Crippen molar-refractivity contribution in [1.82, 2.24) is 0 Å². The van der Waals surface area contributed by atoms with Crippen molar-refractivity contribution in [2.75, 3.05) is 0 Å². The number of ether oxygens (including phenoxy) is 1. The van der Waals surface area contributed by atoms with Crippen molar-refractivity contribution in [3.8, 4) is 0 Å². The third-order valence-electron chi connectivity index (χ3n) is 1.59. The van der Waals surface area contributed by atoms with Crippen LogP contribution in [0.25, 0.3) is 0 Å². The quantitative estimate of drug-likeness (QED) is 0.772. The summed E-state index contributed by atoms with van der Waals surface area (Å²) >= 11 is 2.04. The van der Waals surface area contributed by atoms with Gasteiger partial charge in [0.05, 0.1) is 0 Å². The summed E-state index contributed by atoms with van der Waals surface area (Å²) in [7, 11) is 0. The van der Waals surface area contributed by atoms with E-state index in [0.29, 0.717) is 5.56 Å². The summed E-state index contributed by atoms with van der Waals surface area (Å²) < 4.78 is 39.0. The normalized spacial score (nSPS) is 13.4. The summed E-state index contributed by atoms with van der Waals surface area (Å²) in [4.78, 5) is 0. The van der Waals surface area contributed by atoms with Gasteiger partial charge in [-0.25, -0.2) is 0 Å². The van der Waals surface area contributed by atoms with Crippen molar-refractivity contribution in [3.05, 3.63) is 35.9 Å². The smallest absolute Gasteiger partial charge is 0.311 e. The predicted octanol–water partition coefficient (Wildman–Crippen LogP) is 3.24. The lowest BCUT2D eigenvalue weighted by Gasteiger charge is -2.17. The molecule has 0 aliphatic carbocycles. The van der Waals surface area contributed by atoms with Crippen molar-refractivity contribution in [2.45, 2.75) is 10.6 Å². The summed E-state index contributed by atoms with van der Waals surface area (Å²) in [5.41, 5.74) is 0.563. The van der Waals surface area contributed by atoms with E-state index in [1.54, 1.807) is 30.3 Å². The van der Waals surface area contributed by atoms with Crippen LogP contribution in [0.15, 0.2) is 30.3 Å². The Bertz CT molecular complexity index is 278. The summed E-state index contributed by atoms with van der Waals surface area (Å²) in [6.45, 7) is 0. The number of benzene rings is 1. The van der Waals surface area contributed by atoms with Gasteiger partial charge in [0, 0.05) is 4.23 Å². The van der Waals surface area contributed by atoms with Crippen molar-refractivity contribution in [2.24, 2.45) is 0 Å². The second-order valence-corrected chi connectivity index (χ2v) is 5.61. The summed E-state index contributed by atoms with van der Waals surface area (Å²) in [6, 6.07) is 8.40. The highest BCUT2D eigenvalue weighted by Crippen LogP contribution is 2.27. The second-order valence-electron chi connectivity index (χ2n) is 2.62. The molecule has 0 aliphatic rings. The first-order valence-electron chi connectivity index (χ1n) is 3.88. The van der Waals surface area contributed by atoms with Gasteiger partial charge in [-0.3, -0.25) is 0 Å². The molecule has 1 nitrogen and oxygen atoms in total. The van der Waals surface area contributed by atoms with E-state index in [0.717, 1.165) is 0 Å². The first-order valence-corrected chi connectivity index (χ1v) is 8.60. The van der Waals surface area contributed by atoms with Crippen LogP contribution in [-0.2, 0) is 4.74 Å². The van der Waals surface area contributed by atoms with Gasteiger partial charge < -0.3 is 17.6 Å². The molecule has 0 bridgehead atoms. The van der Waals surface area contributed by atoms with Crippen LogP contribution in [0.4, 0.5) is 13.2 Å². The van der Waals surface area contributed by atoms with Crippen LogP contribution in [-0.4, -0.2) is 24.6 Å². The Morgan fingerprint density at radius 2 is 1.79 bits per heavy atom. The highest BCUT2D eigenvalue weighted by atomic mass is 79.9. The van der Waals surface area contributed by atoms with Crippen LogP contribution in [0.2, 0.25) is 0 Å². The Hall–Kier alpha value is 0.216. The minimum Gasteiger partial charge on any atom is -0.311 e. The Kier molecular flexibility index (Phi) is 4.69. The molecule has 0 amide bonds. The van der Waals surface area contributed by atoms with Gasteiger partial charge in [-0.2, -0.15) is 0 Å². The summed E-state index contributed by atoms with van der Waals surface area (Å²) in [5, 5.41) is 0. The zero-order valence-electron chi connectivity index (χ0n) is 7.09. The van der Waals surface area contributed by atoms with Gasteiger partial charge in [0.15, 0.2) is 0 Å². The predicted molar refractivity (Wildman–Crippen MR) is 51.0 cm³/mol. The molecule has 0 saturated carbocycles. The summed E-state index contributed by atoms with van der Waals surface area (Å²) in [5.74, 6) is 0. The zero-order valence-corrected chi connectivity index (χ0v) is 10.1. The van der Waals surface area contributed by atoms with Gasteiger partial charge in [0.25, 0.3) is 0 Å². The number of rotatable bonds is 3. The molecule has 0 N–H and O–H groups in total. The third kappa shape index (κ3) is 4.16. The van der Waals surface area contributed by atoms with E-state index < -0.39 is 28.8 Å². The van der Waals surface area contributed by atoms with Gasteiger partial charge in [0.1, 0.15) is 0 Å². The van der Waals surface area contributed by atoms with Crippen molar-refractivity contribution >= 4 is 31.1 Å².